The van der Waals surface area contributed by atoms with E-state index in [2.05, 4.69) is 4.98 Å². The lowest BCUT2D eigenvalue weighted by Gasteiger charge is -2.01. The number of carboxylic acid groups (broad SMARTS) is 1. The maximum Gasteiger partial charge on any atom is 0.352 e. The minimum Gasteiger partial charge on any atom is -0.477 e. The first-order chi connectivity index (χ1) is 8.08. The summed E-state index contributed by atoms with van der Waals surface area (Å²) in [6.07, 6.45) is 2.79. The van der Waals surface area contributed by atoms with Crippen molar-refractivity contribution in [1.82, 2.24) is 9.55 Å². The largest absolute Gasteiger partial charge is 0.477 e. The van der Waals surface area contributed by atoms with Gasteiger partial charge in [-0.3, -0.25) is 10.1 Å². The molecule has 0 aliphatic rings. The predicted octanol–water partition coefficient (Wildman–Crippen LogP) is 1.60. The summed E-state index contributed by atoms with van der Waals surface area (Å²) in [6, 6.07) is 1.04. The molecule has 0 aromatic carbocycles. The zero-order valence-corrected chi connectivity index (χ0v) is 9.25. The van der Waals surface area contributed by atoms with Crippen LogP contribution < -0.4 is 0 Å². The first-order valence-electron chi connectivity index (χ1n) is 4.54. The second-order valence-electron chi connectivity index (χ2n) is 3.20. The van der Waals surface area contributed by atoms with Gasteiger partial charge in [0.2, 0.25) is 0 Å². The molecule has 0 atom stereocenters. The Hall–Kier alpha value is -2.22. The number of thiazole rings is 1. The first kappa shape index (κ1) is 11.3. The molecule has 2 aromatic rings. The molecule has 7 nitrogen and oxygen atoms in total. The second-order valence-corrected chi connectivity index (χ2v) is 4.18. The quantitative estimate of drug-likeness (QED) is 0.659. The highest BCUT2D eigenvalue weighted by Gasteiger charge is 2.19. The average molecular weight is 253 g/mol. The lowest BCUT2D eigenvalue weighted by atomic mass is 10.4. The minimum atomic E-state index is -1.20. The molecule has 2 heterocycles. The van der Waals surface area contributed by atoms with Crippen LogP contribution in [0.25, 0.3) is 0 Å². The zero-order chi connectivity index (χ0) is 12.4. The highest BCUT2D eigenvalue weighted by atomic mass is 32.1. The van der Waals surface area contributed by atoms with E-state index in [9.17, 15) is 14.9 Å². The number of nitrogens with zero attached hydrogens (tertiary/aromatic N) is 3. The van der Waals surface area contributed by atoms with Gasteiger partial charge in [0.25, 0.3) is 5.69 Å². The molecule has 1 N–H and O–H groups in total. The highest BCUT2D eigenvalue weighted by molar-refractivity contribution is 7.09. The molecule has 0 fully saturated rings. The van der Waals surface area contributed by atoms with Gasteiger partial charge in [0.15, 0.2) is 0 Å². The molecule has 0 amide bonds. The van der Waals surface area contributed by atoms with Crippen molar-refractivity contribution in [2.45, 2.75) is 6.54 Å². The highest BCUT2D eigenvalue weighted by Crippen LogP contribution is 2.18. The van der Waals surface area contributed by atoms with Gasteiger partial charge in [-0.25, -0.2) is 9.78 Å². The summed E-state index contributed by atoms with van der Waals surface area (Å²) in [4.78, 5) is 24.9. The molecule has 17 heavy (non-hydrogen) atoms. The van der Waals surface area contributed by atoms with Gasteiger partial charge in [0.1, 0.15) is 10.7 Å². The molecular formula is C9H7N3O4S. The Morgan fingerprint density at radius 3 is 2.94 bits per heavy atom. The summed E-state index contributed by atoms with van der Waals surface area (Å²) >= 11 is 1.36. The molecular weight excluding hydrogens is 246 g/mol. The van der Waals surface area contributed by atoms with Crippen molar-refractivity contribution in [2.24, 2.45) is 0 Å². The third kappa shape index (κ3) is 2.31. The molecule has 0 spiro atoms. The Balaban J connectivity index is 2.37. The summed E-state index contributed by atoms with van der Waals surface area (Å²) in [5.41, 5.74) is -0.356. The van der Waals surface area contributed by atoms with E-state index in [1.54, 1.807) is 11.6 Å². The van der Waals surface area contributed by atoms with Crippen LogP contribution in [0.5, 0.6) is 0 Å². The van der Waals surface area contributed by atoms with Gasteiger partial charge in [-0.15, -0.1) is 11.3 Å². The predicted molar refractivity (Wildman–Crippen MR) is 59.3 cm³/mol. The van der Waals surface area contributed by atoms with Crippen molar-refractivity contribution in [3.8, 4) is 0 Å². The van der Waals surface area contributed by atoms with Crippen molar-refractivity contribution < 1.29 is 14.8 Å². The van der Waals surface area contributed by atoms with Crippen molar-refractivity contribution in [3.63, 3.8) is 0 Å². The number of carboxylic acids is 1. The van der Waals surface area contributed by atoms with E-state index in [1.807, 2.05) is 0 Å². The molecule has 0 aliphatic carbocycles. The number of carbonyl (C=O) groups is 1. The molecule has 0 saturated heterocycles. The Bertz CT molecular complexity index is 561. The van der Waals surface area contributed by atoms with Gasteiger partial charge in [-0.05, 0) is 0 Å². The Labute approximate surface area is 99.1 Å². The van der Waals surface area contributed by atoms with E-state index in [0.29, 0.717) is 5.01 Å². The number of aromatic nitrogens is 2. The van der Waals surface area contributed by atoms with Crippen LogP contribution in [0.1, 0.15) is 15.5 Å². The minimum absolute atomic E-state index is 0.119. The lowest BCUT2D eigenvalue weighted by molar-refractivity contribution is -0.384. The number of hydrogen-bond acceptors (Lipinski definition) is 5. The summed E-state index contributed by atoms with van der Waals surface area (Å²) in [5.74, 6) is -1.20. The fourth-order valence-corrected chi connectivity index (χ4v) is 2.00. The van der Waals surface area contributed by atoms with Gasteiger partial charge < -0.3 is 9.67 Å². The Kier molecular flexibility index (Phi) is 2.88. The summed E-state index contributed by atoms with van der Waals surface area (Å²) in [6.45, 7) is 0.215. The standard InChI is InChI=1S/C9H7N3O4S/c13-9(14)7-3-6(12(15)16)4-11(7)5-8-10-1-2-17-8/h1-4H,5H2,(H,13,14). The van der Waals surface area contributed by atoms with Gasteiger partial charge in [-0.2, -0.15) is 0 Å². The third-order valence-electron chi connectivity index (χ3n) is 2.10. The SMILES string of the molecule is O=C(O)c1cc([N+](=O)[O-])cn1Cc1nccs1. The third-order valence-corrected chi connectivity index (χ3v) is 2.87. The molecule has 0 bridgehead atoms. The van der Waals surface area contributed by atoms with E-state index in [-0.39, 0.29) is 17.9 Å². The van der Waals surface area contributed by atoms with Crippen LogP contribution in [0.4, 0.5) is 5.69 Å². The fourth-order valence-electron chi connectivity index (χ4n) is 1.38. The molecule has 8 heteroatoms. The van der Waals surface area contributed by atoms with E-state index in [4.69, 9.17) is 5.11 Å². The summed E-state index contributed by atoms with van der Waals surface area (Å²) in [7, 11) is 0. The second kappa shape index (κ2) is 4.34. The van der Waals surface area contributed by atoms with E-state index in [1.165, 1.54) is 22.1 Å². The number of aromatic carboxylic acids is 1. The number of hydrogen-bond donors (Lipinski definition) is 1. The smallest absolute Gasteiger partial charge is 0.352 e. The van der Waals surface area contributed by atoms with Gasteiger partial charge in [0.05, 0.1) is 17.7 Å². The average Bonchev–Trinajstić information content (AvgIpc) is 2.87. The van der Waals surface area contributed by atoms with Crippen LogP contribution in [-0.2, 0) is 6.54 Å². The van der Waals surface area contributed by atoms with E-state index >= 15 is 0 Å². The van der Waals surface area contributed by atoms with Crippen molar-refractivity contribution in [1.29, 1.82) is 0 Å². The van der Waals surface area contributed by atoms with Crippen LogP contribution in [0.15, 0.2) is 23.8 Å². The Morgan fingerprint density at radius 1 is 1.65 bits per heavy atom. The topological polar surface area (TPSA) is 98.3 Å². The molecule has 88 valence electrons. The van der Waals surface area contributed by atoms with E-state index < -0.39 is 10.9 Å². The van der Waals surface area contributed by atoms with Crippen LogP contribution in [0.3, 0.4) is 0 Å². The molecule has 0 radical (unpaired) electrons. The van der Waals surface area contributed by atoms with Crippen LogP contribution in [0, 0.1) is 10.1 Å². The van der Waals surface area contributed by atoms with Crippen LogP contribution in [0.2, 0.25) is 0 Å². The molecule has 2 rings (SSSR count). The lowest BCUT2D eigenvalue weighted by Crippen LogP contribution is -2.08. The van der Waals surface area contributed by atoms with Gasteiger partial charge in [0, 0.05) is 17.6 Å². The molecule has 2 aromatic heterocycles. The van der Waals surface area contributed by atoms with Crippen molar-refractivity contribution >= 4 is 23.0 Å². The fraction of sp³-hybridized carbons (Fsp3) is 0.111. The maximum atomic E-state index is 10.9. The molecule has 0 unspecified atom stereocenters. The Morgan fingerprint density at radius 2 is 2.41 bits per heavy atom. The summed E-state index contributed by atoms with van der Waals surface area (Å²) < 4.78 is 1.30. The molecule has 0 aliphatic heterocycles. The van der Waals surface area contributed by atoms with Crippen LogP contribution in [-0.4, -0.2) is 25.6 Å². The normalized spacial score (nSPS) is 10.4. The van der Waals surface area contributed by atoms with Gasteiger partial charge >= 0.3 is 5.97 Å². The first-order valence-corrected chi connectivity index (χ1v) is 5.42. The van der Waals surface area contributed by atoms with Crippen molar-refractivity contribution in [3.05, 3.63) is 44.7 Å². The van der Waals surface area contributed by atoms with E-state index in [0.717, 1.165) is 6.07 Å². The summed E-state index contributed by atoms with van der Waals surface area (Å²) in [5, 5.41) is 22.0. The zero-order valence-electron chi connectivity index (χ0n) is 8.44. The van der Waals surface area contributed by atoms with Gasteiger partial charge in [-0.1, -0.05) is 0 Å². The van der Waals surface area contributed by atoms with Crippen molar-refractivity contribution in [2.75, 3.05) is 0 Å². The monoisotopic (exact) mass is 253 g/mol. The maximum absolute atomic E-state index is 10.9. The van der Waals surface area contributed by atoms with Crippen LogP contribution >= 0.6 is 11.3 Å². The number of nitro groups is 1. The molecule has 0 saturated carbocycles. The number of rotatable bonds is 4.